The van der Waals surface area contributed by atoms with Crippen LogP contribution in [0.15, 0.2) is 60.7 Å². The van der Waals surface area contributed by atoms with E-state index in [-0.39, 0.29) is 5.97 Å². The Morgan fingerprint density at radius 2 is 1.94 bits per heavy atom. The van der Waals surface area contributed by atoms with Crippen molar-refractivity contribution in [2.45, 2.75) is 19.9 Å². The molecule has 2 aromatic carbocycles. The molecule has 0 bridgehead atoms. The number of esters is 1. The highest BCUT2D eigenvalue weighted by molar-refractivity contribution is 5.90. The molecule has 0 saturated carbocycles. The largest absolute Gasteiger partial charge is 0.465 e. The van der Waals surface area contributed by atoms with E-state index in [0.29, 0.717) is 13.2 Å². The molecule has 32 heavy (non-hydrogen) atoms. The van der Waals surface area contributed by atoms with E-state index >= 15 is 0 Å². The van der Waals surface area contributed by atoms with Gasteiger partial charge in [0.05, 0.1) is 0 Å². The van der Waals surface area contributed by atoms with Gasteiger partial charge in [0.15, 0.2) is 0 Å². The van der Waals surface area contributed by atoms with Gasteiger partial charge in [-0.2, -0.15) is 0 Å². The fraction of sp³-hybridized carbons (Fsp3) is 0.280. The number of ether oxygens (including phenoxy) is 1. The van der Waals surface area contributed by atoms with Gasteiger partial charge in [-0.15, -0.1) is 0 Å². The molecule has 0 atom stereocenters. The molecule has 7 nitrogen and oxygen atoms in total. The number of anilines is 1. The highest BCUT2D eigenvalue weighted by atomic mass is 16.5. The summed E-state index contributed by atoms with van der Waals surface area (Å²) < 4.78 is 5.17. The number of fused-ring (bicyclic) bond motifs is 1. The Morgan fingerprint density at radius 1 is 1.16 bits per heavy atom. The zero-order chi connectivity index (χ0) is 22.8. The van der Waals surface area contributed by atoms with Gasteiger partial charge in [-0.25, -0.2) is 5.48 Å². The molecule has 1 aliphatic rings. The van der Waals surface area contributed by atoms with Gasteiger partial charge < -0.3 is 10.1 Å². The van der Waals surface area contributed by atoms with Crippen molar-refractivity contribution in [3.8, 4) is 0 Å². The number of rotatable bonds is 10. The second-order valence-electron chi connectivity index (χ2n) is 7.57. The average Bonchev–Trinajstić information content (AvgIpc) is 2.81. The first kappa shape index (κ1) is 23.2. The zero-order valence-corrected chi connectivity index (χ0v) is 18.2. The lowest BCUT2D eigenvalue weighted by Crippen LogP contribution is -2.29. The minimum atomic E-state index is -0.570. The van der Waals surface area contributed by atoms with E-state index in [2.05, 4.69) is 34.5 Å². The highest BCUT2D eigenvalue weighted by Gasteiger charge is 2.14. The van der Waals surface area contributed by atoms with E-state index in [1.165, 1.54) is 24.1 Å². The van der Waals surface area contributed by atoms with Gasteiger partial charge in [0.1, 0.15) is 6.61 Å². The van der Waals surface area contributed by atoms with Gasteiger partial charge in [-0.05, 0) is 35.3 Å². The third kappa shape index (κ3) is 7.08. The lowest BCUT2D eigenvalue weighted by Gasteiger charge is -2.25. The minimum Gasteiger partial charge on any atom is -0.465 e. The van der Waals surface area contributed by atoms with Crippen LogP contribution in [-0.4, -0.2) is 48.2 Å². The van der Waals surface area contributed by atoms with E-state index in [9.17, 15) is 9.59 Å². The van der Waals surface area contributed by atoms with Crippen LogP contribution in [0.3, 0.4) is 0 Å². The number of para-hydroxylation sites is 1. The van der Waals surface area contributed by atoms with Crippen LogP contribution >= 0.6 is 0 Å². The Kier molecular flexibility index (Phi) is 8.60. The molecule has 3 N–H and O–H groups in total. The van der Waals surface area contributed by atoms with E-state index in [0.717, 1.165) is 42.9 Å². The Bertz CT molecular complexity index is 983. The molecule has 0 fully saturated rings. The molecule has 2 aromatic rings. The summed E-state index contributed by atoms with van der Waals surface area (Å²) >= 11 is 0. The first-order chi connectivity index (χ1) is 15.5. The van der Waals surface area contributed by atoms with E-state index in [4.69, 9.17) is 9.94 Å². The standard InChI is InChI=1S/C25H29N3O4/c1-19(29)32-17-16-28(15-13-22-12-14-26-24-5-3-2-4-23(22)24)18-21-8-6-20(7-9-21)10-11-25(30)27-31/h2-12,26,31H,13-18H2,1H3,(H,27,30)/b11-10+. The van der Waals surface area contributed by atoms with Gasteiger partial charge in [0.25, 0.3) is 5.91 Å². The summed E-state index contributed by atoms with van der Waals surface area (Å²) in [5.41, 5.74) is 7.27. The van der Waals surface area contributed by atoms with Crippen molar-refractivity contribution in [1.29, 1.82) is 0 Å². The van der Waals surface area contributed by atoms with E-state index in [1.54, 1.807) is 11.6 Å². The molecule has 0 aliphatic carbocycles. The SMILES string of the molecule is CC(=O)OCCN(CCC1=CCNc2ccccc21)Cc1ccc(/C=C/C(=O)NO)cc1. The molecule has 3 rings (SSSR count). The quantitative estimate of drug-likeness (QED) is 0.229. The molecule has 0 spiro atoms. The summed E-state index contributed by atoms with van der Waals surface area (Å²) in [5, 5.41) is 12.0. The molecule has 1 aliphatic heterocycles. The molecular formula is C25H29N3O4. The Hall–Kier alpha value is -3.42. The third-order valence-electron chi connectivity index (χ3n) is 5.25. The Labute approximate surface area is 188 Å². The number of carbonyl (C=O) groups excluding carboxylic acids is 2. The molecule has 168 valence electrons. The second-order valence-corrected chi connectivity index (χ2v) is 7.57. The molecule has 1 heterocycles. The second kappa shape index (κ2) is 11.8. The summed E-state index contributed by atoms with van der Waals surface area (Å²) in [6, 6.07) is 16.2. The highest BCUT2D eigenvalue weighted by Crippen LogP contribution is 2.29. The average molecular weight is 436 g/mol. The number of hydrogen-bond donors (Lipinski definition) is 3. The number of nitrogens with one attached hydrogen (secondary N) is 2. The predicted molar refractivity (Wildman–Crippen MR) is 125 cm³/mol. The van der Waals surface area contributed by atoms with Crippen molar-refractivity contribution < 1.29 is 19.5 Å². The van der Waals surface area contributed by atoms with Crippen LogP contribution in [0.4, 0.5) is 5.69 Å². The topological polar surface area (TPSA) is 90.9 Å². The monoisotopic (exact) mass is 435 g/mol. The van der Waals surface area contributed by atoms with Gasteiger partial charge in [0, 0.05) is 50.4 Å². The van der Waals surface area contributed by atoms with E-state index in [1.807, 2.05) is 30.3 Å². The van der Waals surface area contributed by atoms with Crippen molar-refractivity contribution in [3.63, 3.8) is 0 Å². The number of hydroxylamine groups is 1. The van der Waals surface area contributed by atoms with Gasteiger partial charge in [-0.3, -0.25) is 19.7 Å². The fourth-order valence-corrected chi connectivity index (χ4v) is 3.62. The third-order valence-corrected chi connectivity index (χ3v) is 5.25. The summed E-state index contributed by atoms with van der Waals surface area (Å²) in [6.45, 7) is 4.79. The first-order valence-electron chi connectivity index (χ1n) is 10.6. The summed E-state index contributed by atoms with van der Waals surface area (Å²) in [6.07, 6.45) is 6.03. The van der Waals surface area contributed by atoms with Crippen molar-refractivity contribution in [3.05, 3.63) is 77.4 Å². The lowest BCUT2D eigenvalue weighted by molar-refractivity contribution is -0.141. The maximum atomic E-state index is 11.2. The van der Waals surface area contributed by atoms with Crippen molar-refractivity contribution in [2.75, 3.05) is 31.6 Å². The zero-order valence-electron chi connectivity index (χ0n) is 18.2. The van der Waals surface area contributed by atoms with Crippen molar-refractivity contribution >= 4 is 29.2 Å². The summed E-state index contributed by atoms with van der Waals surface area (Å²) in [4.78, 5) is 24.6. The van der Waals surface area contributed by atoms with Crippen LogP contribution < -0.4 is 10.8 Å². The van der Waals surface area contributed by atoms with Crippen LogP contribution in [0.5, 0.6) is 0 Å². The molecule has 0 saturated heterocycles. The molecule has 1 amide bonds. The number of carbonyl (C=O) groups is 2. The molecule has 0 radical (unpaired) electrons. The van der Waals surface area contributed by atoms with Gasteiger partial charge in [-0.1, -0.05) is 48.5 Å². The minimum absolute atomic E-state index is 0.275. The fourth-order valence-electron chi connectivity index (χ4n) is 3.62. The normalized spacial score (nSPS) is 12.8. The molecule has 7 heteroatoms. The van der Waals surface area contributed by atoms with Gasteiger partial charge >= 0.3 is 5.97 Å². The number of amides is 1. The lowest BCUT2D eigenvalue weighted by atomic mass is 9.97. The molecular weight excluding hydrogens is 406 g/mol. The maximum Gasteiger partial charge on any atom is 0.302 e. The Balaban J connectivity index is 1.63. The van der Waals surface area contributed by atoms with Gasteiger partial charge in [0.2, 0.25) is 0 Å². The predicted octanol–water partition coefficient (Wildman–Crippen LogP) is 3.47. The van der Waals surface area contributed by atoms with Crippen molar-refractivity contribution in [2.24, 2.45) is 0 Å². The van der Waals surface area contributed by atoms with Crippen LogP contribution in [-0.2, 0) is 20.9 Å². The number of benzene rings is 2. The first-order valence-corrected chi connectivity index (χ1v) is 10.6. The van der Waals surface area contributed by atoms with Crippen LogP contribution in [0.1, 0.15) is 30.0 Å². The molecule has 0 aromatic heterocycles. The van der Waals surface area contributed by atoms with Crippen molar-refractivity contribution in [1.82, 2.24) is 10.4 Å². The number of nitrogens with zero attached hydrogens (tertiary/aromatic N) is 1. The van der Waals surface area contributed by atoms with E-state index < -0.39 is 5.91 Å². The smallest absolute Gasteiger partial charge is 0.302 e. The summed E-state index contributed by atoms with van der Waals surface area (Å²) in [7, 11) is 0. The van der Waals surface area contributed by atoms with Crippen LogP contribution in [0.25, 0.3) is 11.6 Å². The summed E-state index contributed by atoms with van der Waals surface area (Å²) in [5.74, 6) is -0.845. The van der Waals surface area contributed by atoms with Crippen LogP contribution in [0.2, 0.25) is 0 Å². The maximum absolute atomic E-state index is 11.2. The van der Waals surface area contributed by atoms with Crippen LogP contribution in [0, 0.1) is 0 Å². The Morgan fingerprint density at radius 3 is 2.69 bits per heavy atom. The molecule has 0 unspecified atom stereocenters. The number of hydrogen-bond acceptors (Lipinski definition) is 6.